The smallest absolute Gasteiger partial charge is 0.348 e. The molecule has 0 unspecified atom stereocenters. The SMILES string of the molecule is Cc1cccc(C(=O)O[SH]2C=CC=C2)c1. The van der Waals surface area contributed by atoms with Gasteiger partial charge in [-0.25, -0.2) is 4.79 Å². The van der Waals surface area contributed by atoms with Gasteiger partial charge in [-0.15, -0.1) is 0 Å². The highest BCUT2D eigenvalue weighted by molar-refractivity contribution is 8.18. The molecule has 0 N–H and O–H groups in total. The Morgan fingerprint density at radius 3 is 2.67 bits per heavy atom. The number of thiol groups is 1. The molecule has 1 aromatic carbocycles. The molecule has 1 aromatic rings. The molecular weight excluding hydrogens is 208 g/mol. The Kier molecular flexibility index (Phi) is 2.92. The van der Waals surface area contributed by atoms with Crippen molar-refractivity contribution in [3.63, 3.8) is 0 Å². The fourth-order valence-electron chi connectivity index (χ4n) is 1.30. The minimum Gasteiger partial charge on any atom is -0.407 e. The van der Waals surface area contributed by atoms with Crippen LogP contribution >= 0.6 is 11.2 Å². The second-order valence-corrected chi connectivity index (χ2v) is 4.79. The molecule has 1 heterocycles. The van der Waals surface area contributed by atoms with E-state index in [4.69, 9.17) is 4.18 Å². The van der Waals surface area contributed by atoms with E-state index in [1.807, 2.05) is 48.1 Å². The van der Waals surface area contributed by atoms with Crippen molar-refractivity contribution >= 4 is 17.1 Å². The van der Waals surface area contributed by atoms with Crippen LogP contribution in [0.25, 0.3) is 0 Å². The Labute approximate surface area is 91.8 Å². The van der Waals surface area contributed by atoms with Gasteiger partial charge in [-0.3, -0.25) is 0 Å². The predicted octanol–water partition coefficient (Wildman–Crippen LogP) is 3.11. The molecule has 0 atom stereocenters. The second kappa shape index (κ2) is 4.36. The second-order valence-electron chi connectivity index (χ2n) is 3.29. The largest absolute Gasteiger partial charge is 0.407 e. The number of hydrogen-bond donors (Lipinski definition) is 1. The highest BCUT2D eigenvalue weighted by atomic mass is 32.2. The van der Waals surface area contributed by atoms with Gasteiger partial charge in [-0.1, -0.05) is 41.0 Å². The van der Waals surface area contributed by atoms with E-state index in [1.165, 1.54) is 0 Å². The maximum atomic E-state index is 11.7. The summed E-state index contributed by atoms with van der Waals surface area (Å²) in [5.74, 6) is -0.249. The molecule has 0 fully saturated rings. The molecule has 0 spiro atoms. The number of hydrogen-bond acceptors (Lipinski definition) is 2. The van der Waals surface area contributed by atoms with Gasteiger partial charge in [0, 0.05) is 0 Å². The van der Waals surface area contributed by atoms with Crippen LogP contribution in [0.1, 0.15) is 15.9 Å². The third-order valence-corrected chi connectivity index (χ3v) is 3.33. The lowest BCUT2D eigenvalue weighted by Gasteiger charge is -2.11. The summed E-state index contributed by atoms with van der Waals surface area (Å²) < 4.78 is 5.30. The summed E-state index contributed by atoms with van der Waals surface area (Å²) >= 11 is -0.828. The molecule has 0 radical (unpaired) electrons. The van der Waals surface area contributed by atoms with E-state index in [0.717, 1.165) is 5.56 Å². The normalized spacial score (nSPS) is 15.7. The van der Waals surface area contributed by atoms with Crippen LogP contribution in [0.15, 0.2) is 47.2 Å². The number of aryl methyl sites for hydroxylation is 1. The van der Waals surface area contributed by atoms with E-state index in [9.17, 15) is 4.79 Å². The molecule has 2 rings (SSSR count). The summed E-state index contributed by atoms with van der Waals surface area (Å²) in [5.41, 5.74) is 1.68. The van der Waals surface area contributed by atoms with Crippen molar-refractivity contribution < 1.29 is 8.98 Å². The first kappa shape index (κ1) is 10.1. The average molecular weight is 220 g/mol. The number of carbonyl (C=O) groups excluding carboxylic acids is 1. The van der Waals surface area contributed by atoms with E-state index in [-0.39, 0.29) is 5.97 Å². The van der Waals surface area contributed by atoms with Gasteiger partial charge in [0.2, 0.25) is 0 Å². The van der Waals surface area contributed by atoms with Crippen molar-refractivity contribution in [2.45, 2.75) is 6.92 Å². The zero-order chi connectivity index (χ0) is 10.7. The quantitative estimate of drug-likeness (QED) is 0.775. The number of carbonyl (C=O) groups is 1. The number of rotatable bonds is 2. The Bertz CT molecular complexity index is 423. The van der Waals surface area contributed by atoms with Crippen LogP contribution in [-0.4, -0.2) is 5.97 Å². The summed E-state index contributed by atoms with van der Waals surface area (Å²) in [6, 6.07) is 7.42. The van der Waals surface area contributed by atoms with Gasteiger partial charge in [0.25, 0.3) is 0 Å². The van der Waals surface area contributed by atoms with E-state index in [0.29, 0.717) is 5.56 Å². The average Bonchev–Trinajstić information content (AvgIpc) is 2.70. The lowest BCUT2D eigenvalue weighted by Crippen LogP contribution is -2.01. The standard InChI is InChI=1S/C12H12O2S/c1-10-5-4-6-11(9-10)12(13)14-15-7-2-3-8-15/h2-9,15H,1H3. The Morgan fingerprint density at radius 2 is 2.00 bits per heavy atom. The zero-order valence-corrected chi connectivity index (χ0v) is 9.28. The highest BCUT2D eigenvalue weighted by Gasteiger charge is 2.10. The van der Waals surface area contributed by atoms with Crippen LogP contribution in [0, 0.1) is 6.92 Å². The van der Waals surface area contributed by atoms with Gasteiger partial charge >= 0.3 is 5.97 Å². The summed E-state index contributed by atoms with van der Waals surface area (Å²) in [5, 5.41) is 3.81. The van der Waals surface area contributed by atoms with Gasteiger partial charge in [0.15, 0.2) is 0 Å². The van der Waals surface area contributed by atoms with Crippen molar-refractivity contribution in [1.82, 2.24) is 0 Å². The van der Waals surface area contributed by atoms with Crippen molar-refractivity contribution in [2.75, 3.05) is 0 Å². The molecule has 0 aromatic heterocycles. The molecule has 0 aliphatic carbocycles. The molecule has 3 heteroatoms. The molecule has 0 amide bonds. The van der Waals surface area contributed by atoms with Gasteiger partial charge in [0.1, 0.15) is 0 Å². The lowest BCUT2D eigenvalue weighted by molar-refractivity contribution is 0.0766. The molecule has 0 bridgehead atoms. The maximum Gasteiger partial charge on any atom is 0.348 e. The first-order valence-corrected chi connectivity index (χ1v) is 6.08. The van der Waals surface area contributed by atoms with Crippen LogP contribution in [-0.2, 0) is 4.18 Å². The Balaban J connectivity index is 2.07. The number of benzene rings is 1. The topological polar surface area (TPSA) is 26.3 Å². The summed E-state index contributed by atoms with van der Waals surface area (Å²) in [7, 11) is 0. The summed E-state index contributed by atoms with van der Waals surface area (Å²) in [6.07, 6.45) is 3.80. The molecule has 1 aliphatic heterocycles. The zero-order valence-electron chi connectivity index (χ0n) is 8.38. The van der Waals surface area contributed by atoms with E-state index in [2.05, 4.69) is 0 Å². The fraction of sp³-hybridized carbons (Fsp3) is 0.0833. The van der Waals surface area contributed by atoms with E-state index < -0.39 is 11.2 Å². The highest BCUT2D eigenvalue weighted by Crippen LogP contribution is 2.34. The van der Waals surface area contributed by atoms with Crippen molar-refractivity contribution in [1.29, 1.82) is 0 Å². The van der Waals surface area contributed by atoms with E-state index >= 15 is 0 Å². The van der Waals surface area contributed by atoms with Gasteiger partial charge in [-0.05, 0) is 29.9 Å². The predicted molar refractivity (Wildman–Crippen MR) is 63.9 cm³/mol. The van der Waals surface area contributed by atoms with Crippen LogP contribution in [0.4, 0.5) is 0 Å². The molecule has 1 aliphatic rings. The van der Waals surface area contributed by atoms with Crippen molar-refractivity contribution in [3.8, 4) is 0 Å². The van der Waals surface area contributed by atoms with E-state index in [1.54, 1.807) is 6.07 Å². The third kappa shape index (κ3) is 2.50. The minimum atomic E-state index is -0.828. The van der Waals surface area contributed by atoms with Crippen molar-refractivity contribution in [2.24, 2.45) is 0 Å². The van der Waals surface area contributed by atoms with Crippen LogP contribution in [0.2, 0.25) is 0 Å². The van der Waals surface area contributed by atoms with Crippen LogP contribution in [0.5, 0.6) is 0 Å². The maximum absolute atomic E-state index is 11.7. The first-order valence-electron chi connectivity index (χ1n) is 4.68. The Morgan fingerprint density at radius 1 is 1.27 bits per heavy atom. The molecule has 78 valence electrons. The minimum absolute atomic E-state index is 0.249. The summed E-state index contributed by atoms with van der Waals surface area (Å²) in [4.78, 5) is 11.7. The number of allylic oxidation sites excluding steroid dienone is 2. The van der Waals surface area contributed by atoms with Gasteiger partial charge in [-0.2, -0.15) is 0 Å². The van der Waals surface area contributed by atoms with Crippen molar-refractivity contribution in [3.05, 3.63) is 58.4 Å². The third-order valence-electron chi connectivity index (χ3n) is 2.02. The van der Waals surface area contributed by atoms with Crippen LogP contribution < -0.4 is 0 Å². The Hall–Kier alpha value is -1.48. The molecule has 2 nitrogen and oxygen atoms in total. The van der Waals surface area contributed by atoms with Gasteiger partial charge in [0.05, 0.1) is 5.56 Å². The molecule has 0 saturated carbocycles. The molecular formula is C12H12O2S. The van der Waals surface area contributed by atoms with Crippen LogP contribution in [0.3, 0.4) is 0 Å². The van der Waals surface area contributed by atoms with Gasteiger partial charge < -0.3 is 4.18 Å². The lowest BCUT2D eigenvalue weighted by atomic mass is 10.1. The first-order chi connectivity index (χ1) is 7.25. The molecule has 0 saturated heterocycles. The molecule has 15 heavy (non-hydrogen) atoms. The summed E-state index contributed by atoms with van der Waals surface area (Å²) in [6.45, 7) is 1.96. The fourth-order valence-corrected chi connectivity index (χ4v) is 2.36. The monoisotopic (exact) mass is 220 g/mol.